The summed E-state index contributed by atoms with van der Waals surface area (Å²) in [6, 6.07) is -0.285. The number of carbonyl (C=O) groups excluding carboxylic acids is 5. The van der Waals surface area contributed by atoms with Crippen LogP contribution in [0, 0.1) is 5.82 Å². The molecule has 3 aliphatic rings. The van der Waals surface area contributed by atoms with Crippen molar-refractivity contribution in [3.63, 3.8) is 0 Å². The molecule has 4 rings (SSSR count). The van der Waals surface area contributed by atoms with Gasteiger partial charge in [0.1, 0.15) is 17.6 Å². The van der Waals surface area contributed by atoms with Crippen molar-refractivity contribution in [3.8, 4) is 5.75 Å². The first-order valence-electron chi connectivity index (χ1n) is 10.8. The highest BCUT2D eigenvalue weighted by Crippen LogP contribution is 2.42. The minimum absolute atomic E-state index is 0.0482. The highest BCUT2D eigenvalue weighted by Gasteiger charge is 2.49. The maximum Gasteiger partial charge on any atom is 0.415 e. The summed E-state index contributed by atoms with van der Waals surface area (Å²) in [4.78, 5) is 65.2. The number of hydrogen-bond acceptors (Lipinski definition) is 7. The lowest BCUT2D eigenvalue weighted by atomic mass is 9.81. The Bertz CT molecular complexity index is 1070. The monoisotopic (exact) mass is 460 g/mol. The van der Waals surface area contributed by atoms with Crippen LogP contribution >= 0.6 is 0 Å². The van der Waals surface area contributed by atoms with Crippen molar-refractivity contribution >= 4 is 29.7 Å². The molecular formula is C22H25FN4O6. The molecule has 0 aromatic heterocycles. The summed E-state index contributed by atoms with van der Waals surface area (Å²) >= 11 is 0. The van der Waals surface area contributed by atoms with Gasteiger partial charge in [0.2, 0.25) is 11.8 Å². The molecule has 0 radical (unpaired) electrons. The van der Waals surface area contributed by atoms with Crippen LogP contribution in [0.1, 0.15) is 59.9 Å². The molecular weight excluding hydrogens is 435 g/mol. The number of halogens is 1. The zero-order valence-electron chi connectivity index (χ0n) is 18.6. The van der Waals surface area contributed by atoms with E-state index in [-0.39, 0.29) is 29.7 Å². The number of carbonyl (C=O) groups is 5. The van der Waals surface area contributed by atoms with Crippen molar-refractivity contribution in [2.75, 3.05) is 26.2 Å². The maximum atomic E-state index is 15.2. The molecule has 11 heteroatoms. The van der Waals surface area contributed by atoms with Gasteiger partial charge in [0.15, 0.2) is 0 Å². The van der Waals surface area contributed by atoms with Crippen molar-refractivity contribution in [1.82, 2.24) is 20.4 Å². The Hall–Kier alpha value is -3.34. The molecule has 0 aliphatic carbocycles. The largest absolute Gasteiger partial charge is 0.415 e. The third-order valence-electron chi connectivity index (χ3n) is 5.95. The van der Waals surface area contributed by atoms with Gasteiger partial charge in [-0.3, -0.25) is 29.4 Å². The fourth-order valence-electron chi connectivity index (χ4n) is 4.43. The first kappa shape index (κ1) is 22.8. The fraction of sp³-hybridized carbons (Fsp3) is 0.500. The van der Waals surface area contributed by atoms with Gasteiger partial charge in [-0.05, 0) is 11.8 Å². The summed E-state index contributed by atoms with van der Waals surface area (Å²) < 4.78 is 20.7. The third-order valence-corrected chi connectivity index (χ3v) is 5.95. The number of nitrogens with zero attached hydrogens (tertiary/aromatic N) is 2. The molecule has 2 N–H and O–H groups in total. The summed E-state index contributed by atoms with van der Waals surface area (Å²) in [6.07, 6.45) is -0.778. The molecule has 3 aliphatic heterocycles. The summed E-state index contributed by atoms with van der Waals surface area (Å²) in [5, 5.41) is 5.22. The smallest absolute Gasteiger partial charge is 0.410 e. The van der Waals surface area contributed by atoms with Crippen LogP contribution in [-0.2, 0) is 15.0 Å². The van der Waals surface area contributed by atoms with E-state index in [4.69, 9.17) is 4.74 Å². The van der Waals surface area contributed by atoms with Gasteiger partial charge >= 0.3 is 6.09 Å². The number of fused-ring (bicyclic) bond motifs is 1. The van der Waals surface area contributed by atoms with E-state index >= 15 is 4.39 Å². The van der Waals surface area contributed by atoms with E-state index in [2.05, 4.69) is 10.6 Å². The van der Waals surface area contributed by atoms with Crippen LogP contribution in [0.25, 0.3) is 0 Å². The van der Waals surface area contributed by atoms with Gasteiger partial charge in [-0.1, -0.05) is 20.8 Å². The van der Waals surface area contributed by atoms with Crippen LogP contribution < -0.4 is 15.4 Å². The van der Waals surface area contributed by atoms with Gasteiger partial charge in [-0.25, -0.2) is 9.18 Å². The molecule has 0 spiro atoms. The molecule has 1 aromatic carbocycles. The highest BCUT2D eigenvalue weighted by molar-refractivity contribution is 6.24. The van der Waals surface area contributed by atoms with E-state index < -0.39 is 52.6 Å². The fourth-order valence-corrected chi connectivity index (χ4v) is 4.43. The van der Waals surface area contributed by atoms with Crippen LogP contribution in [0.5, 0.6) is 5.75 Å². The predicted molar refractivity (Wildman–Crippen MR) is 112 cm³/mol. The lowest BCUT2D eigenvalue weighted by Crippen LogP contribution is -2.54. The Kier molecular flexibility index (Phi) is 5.69. The van der Waals surface area contributed by atoms with Crippen LogP contribution in [0.3, 0.4) is 0 Å². The van der Waals surface area contributed by atoms with E-state index in [1.54, 1.807) is 20.8 Å². The standard InChI is InChI=1S/C22H25FN4O6/c1-22(2,3)17-13(33-21(32)26-8-6-24-7-9-26)10-11(23)15-16(17)20(31)27(19(15)30)12-4-5-14(28)25-18(12)29/h10,12,24H,4-9H2,1-3H3,(H,25,28,29). The molecule has 1 unspecified atom stereocenters. The molecule has 2 saturated heterocycles. The van der Waals surface area contributed by atoms with E-state index in [1.807, 2.05) is 0 Å². The Morgan fingerprint density at radius 2 is 1.73 bits per heavy atom. The second kappa shape index (κ2) is 8.22. The summed E-state index contributed by atoms with van der Waals surface area (Å²) in [7, 11) is 0. The normalized spacial score (nSPS) is 21.3. The molecule has 1 aromatic rings. The Balaban J connectivity index is 1.77. The quantitative estimate of drug-likeness (QED) is 0.629. The molecule has 176 valence electrons. The summed E-state index contributed by atoms with van der Waals surface area (Å²) in [5.74, 6) is -4.26. The molecule has 5 amide bonds. The third kappa shape index (κ3) is 3.97. The zero-order valence-corrected chi connectivity index (χ0v) is 18.6. The predicted octanol–water partition coefficient (Wildman–Crippen LogP) is 0.928. The maximum absolute atomic E-state index is 15.2. The molecule has 10 nitrogen and oxygen atoms in total. The first-order chi connectivity index (χ1) is 15.5. The number of benzene rings is 1. The first-order valence-corrected chi connectivity index (χ1v) is 10.8. The average molecular weight is 460 g/mol. The number of amides is 5. The van der Waals surface area contributed by atoms with Gasteiger partial charge in [0.05, 0.1) is 11.1 Å². The number of ether oxygens (including phenoxy) is 1. The van der Waals surface area contributed by atoms with Crippen molar-refractivity contribution in [2.24, 2.45) is 0 Å². The molecule has 33 heavy (non-hydrogen) atoms. The van der Waals surface area contributed by atoms with Gasteiger partial charge in [-0.15, -0.1) is 0 Å². The Morgan fingerprint density at radius 1 is 1.09 bits per heavy atom. The van der Waals surface area contributed by atoms with Crippen molar-refractivity contribution in [1.29, 1.82) is 0 Å². The van der Waals surface area contributed by atoms with Crippen LogP contribution in [0.4, 0.5) is 9.18 Å². The summed E-state index contributed by atoms with van der Waals surface area (Å²) in [5.41, 5.74) is -1.29. The van der Waals surface area contributed by atoms with Gasteiger partial charge < -0.3 is 15.0 Å². The lowest BCUT2D eigenvalue weighted by molar-refractivity contribution is -0.136. The zero-order chi connectivity index (χ0) is 24.1. The van der Waals surface area contributed by atoms with Crippen LogP contribution in [-0.4, -0.2) is 71.7 Å². The second-order valence-corrected chi connectivity index (χ2v) is 9.28. The topological polar surface area (TPSA) is 125 Å². The minimum atomic E-state index is -1.23. The molecule has 1 atom stereocenters. The van der Waals surface area contributed by atoms with E-state index in [0.29, 0.717) is 31.1 Å². The summed E-state index contributed by atoms with van der Waals surface area (Å²) in [6.45, 7) is 7.25. The number of piperazine rings is 1. The van der Waals surface area contributed by atoms with E-state index in [1.165, 1.54) is 4.90 Å². The SMILES string of the molecule is CC(C)(C)c1c(OC(=O)N2CCNCC2)cc(F)c2c1C(=O)N(C1CCC(=O)NC1=O)C2=O. The van der Waals surface area contributed by atoms with Crippen LogP contribution in [0.15, 0.2) is 6.07 Å². The van der Waals surface area contributed by atoms with Crippen molar-refractivity contribution in [3.05, 3.63) is 28.6 Å². The van der Waals surface area contributed by atoms with Crippen LogP contribution in [0.2, 0.25) is 0 Å². The molecule has 0 saturated carbocycles. The van der Waals surface area contributed by atoms with Gasteiger partial charge in [0, 0.05) is 44.2 Å². The molecule has 3 heterocycles. The lowest BCUT2D eigenvalue weighted by Gasteiger charge is -2.29. The Labute approximate surface area is 189 Å². The number of piperidine rings is 1. The molecule has 2 fully saturated rings. The Morgan fingerprint density at radius 3 is 2.33 bits per heavy atom. The van der Waals surface area contributed by atoms with Gasteiger partial charge in [-0.2, -0.15) is 0 Å². The van der Waals surface area contributed by atoms with Gasteiger partial charge in [0.25, 0.3) is 11.8 Å². The number of hydrogen-bond donors (Lipinski definition) is 2. The van der Waals surface area contributed by atoms with E-state index in [0.717, 1.165) is 6.07 Å². The van der Waals surface area contributed by atoms with Crippen molar-refractivity contribution in [2.45, 2.75) is 45.1 Å². The van der Waals surface area contributed by atoms with Crippen molar-refractivity contribution < 1.29 is 33.1 Å². The minimum Gasteiger partial charge on any atom is -0.410 e. The number of imide groups is 2. The highest BCUT2D eigenvalue weighted by atomic mass is 19.1. The number of nitrogens with one attached hydrogen (secondary N) is 2. The number of rotatable bonds is 2. The molecule has 0 bridgehead atoms. The second-order valence-electron chi connectivity index (χ2n) is 9.28. The average Bonchev–Trinajstić information content (AvgIpc) is 2.99. The van der Waals surface area contributed by atoms with E-state index in [9.17, 15) is 24.0 Å².